The number of carbonyl (C=O) groups is 1. The van der Waals surface area contributed by atoms with Gasteiger partial charge in [-0.05, 0) is 37.5 Å². The number of hydrogen-bond acceptors (Lipinski definition) is 9. The summed E-state index contributed by atoms with van der Waals surface area (Å²) in [6.45, 7) is 7.91. The number of amides is 1. The SMILES string of the molecule is C=CCn1c(SCC(=O)Nc2nsc(-c3ccc(C)cc3)n2)nc2scc(-c3ccc(C)o3)c2c1=O. The van der Waals surface area contributed by atoms with Crippen LogP contribution in [0, 0.1) is 13.8 Å². The molecule has 1 N–H and O–H groups in total. The van der Waals surface area contributed by atoms with Crippen molar-refractivity contribution in [1.29, 1.82) is 0 Å². The molecule has 0 bridgehead atoms. The topological polar surface area (TPSA) is 103 Å². The average Bonchev–Trinajstić information content (AvgIpc) is 3.60. The first kappa shape index (κ1) is 24.2. The molecule has 1 aromatic carbocycles. The van der Waals surface area contributed by atoms with Crippen molar-refractivity contribution in [3.05, 3.63) is 76.1 Å². The van der Waals surface area contributed by atoms with Crippen molar-refractivity contribution < 1.29 is 9.21 Å². The lowest BCUT2D eigenvalue weighted by molar-refractivity contribution is -0.113. The number of aryl methyl sites for hydroxylation is 2. The second kappa shape index (κ2) is 10.2. The maximum absolute atomic E-state index is 13.4. The number of anilines is 1. The van der Waals surface area contributed by atoms with Gasteiger partial charge in [-0.15, -0.1) is 17.9 Å². The Hall–Kier alpha value is -3.54. The summed E-state index contributed by atoms with van der Waals surface area (Å²) in [6.07, 6.45) is 1.63. The van der Waals surface area contributed by atoms with Crippen LogP contribution in [0.4, 0.5) is 5.95 Å². The first-order valence-corrected chi connectivity index (χ1v) is 13.6. The molecule has 182 valence electrons. The third kappa shape index (κ3) is 4.90. The summed E-state index contributed by atoms with van der Waals surface area (Å²) >= 11 is 3.77. The summed E-state index contributed by atoms with van der Waals surface area (Å²) in [5.41, 5.74) is 2.62. The summed E-state index contributed by atoms with van der Waals surface area (Å²) in [7, 11) is 0. The average molecular weight is 536 g/mol. The van der Waals surface area contributed by atoms with E-state index in [0.29, 0.717) is 26.7 Å². The molecule has 1 amide bonds. The van der Waals surface area contributed by atoms with Crippen LogP contribution >= 0.6 is 34.6 Å². The molecule has 0 unspecified atom stereocenters. The van der Waals surface area contributed by atoms with E-state index in [1.165, 1.54) is 39.2 Å². The molecule has 5 aromatic rings. The zero-order valence-corrected chi connectivity index (χ0v) is 21.9. The molecule has 0 radical (unpaired) electrons. The number of aromatic nitrogens is 4. The fourth-order valence-electron chi connectivity index (χ4n) is 3.55. The van der Waals surface area contributed by atoms with E-state index in [4.69, 9.17) is 4.42 Å². The van der Waals surface area contributed by atoms with Gasteiger partial charge in [-0.25, -0.2) is 4.98 Å². The number of allylic oxidation sites excluding steroid dienone is 1. The molecule has 0 aliphatic carbocycles. The van der Waals surface area contributed by atoms with Crippen LogP contribution in [-0.2, 0) is 11.3 Å². The lowest BCUT2D eigenvalue weighted by Gasteiger charge is -2.10. The minimum Gasteiger partial charge on any atom is -0.461 e. The monoisotopic (exact) mass is 535 g/mol. The second-order valence-corrected chi connectivity index (χ2v) is 10.5. The van der Waals surface area contributed by atoms with Crippen LogP contribution in [0.3, 0.4) is 0 Å². The largest absolute Gasteiger partial charge is 0.461 e. The highest BCUT2D eigenvalue weighted by Gasteiger charge is 2.19. The molecule has 5 rings (SSSR count). The molecule has 0 saturated heterocycles. The van der Waals surface area contributed by atoms with Crippen LogP contribution in [0.2, 0.25) is 0 Å². The van der Waals surface area contributed by atoms with Gasteiger partial charge < -0.3 is 4.42 Å². The Morgan fingerprint density at radius 1 is 1.19 bits per heavy atom. The molecular weight excluding hydrogens is 515 g/mol. The van der Waals surface area contributed by atoms with Crippen LogP contribution in [0.25, 0.3) is 32.1 Å². The number of furan rings is 1. The van der Waals surface area contributed by atoms with Gasteiger partial charge in [-0.2, -0.15) is 9.36 Å². The summed E-state index contributed by atoms with van der Waals surface area (Å²) in [4.78, 5) is 35.7. The highest BCUT2D eigenvalue weighted by molar-refractivity contribution is 7.99. The molecule has 0 saturated carbocycles. The van der Waals surface area contributed by atoms with Crippen molar-refractivity contribution in [1.82, 2.24) is 18.9 Å². The van der Waals surface area contributed by atoms with Crippen LogP contribution in [0.5, 0.6) is 0 Å². The first-order chi connectivity index (χ1) is 17.4. The van der Waals surface area contributed by atoms with Gasteiger partial charge in [0.2, 0.25) is 11.9 Å². The van der Waals surface area contributed by atoms with Gasteiger partial charge in [0.25, 0.3) is 5.56 Å². The van der Waals surface area contributed by atoms with Crippen molar-refractivity contribution >= 4 is 56.7 Å². The van der Waals surface area contributed by atoms with E-state index in [-0.39, 0.29) is 29.7 Å². The minimum atomic E-state index is -0.286. The second-order valence-electron chi connectivity index (χ2n) is 7.96. The van der Waals surface area contributed by atoms with E-state index >= 15 is 0 Å². The van der Waals surface area contributed by atoms with Crippen molar-refractivity contribution in [2.45, 2.75) is 25.5 Å². The number of thiophene rings is 1. The summed E-state index contributed by atoms with van der Waals surface area (Å²) in [6, 6.07) is 11.7. The quantitative estimate of drug-likeness (QED) is 0.153. The van der Waals surface area contributed by atoms with Crippen molar-refractivity contribution in [2.75, 3.05) is 11.1 Å². The van der Waals surface area contributed by atoms with E-state index in [0.717, 1.165) is 21.9 Å². The Morgan fingerprint density at radius 3 is 2.72 bits per heavy atom. The van der Waals surface area contributed by atoms with Crippen molar-refractivity contribution in [2.24, 2.45) is 0 Å². The van der Waals surface area contributed by atoms with Gasteiger partial charge in [0.1, 0.15) is 21.4 Å². The fourth-order valence-corrected chi connectivity index (χ4v) is 5.95. The Morgan fingerprint density at radius 2 is 2.00 bits per heavy atom. The fraction of sp³-hybridized carbons (Fsp3) is 0.160. The summed E-state index contributed by atoms with van der Waals surface area (Å²) in [5.74, 6) is 1.41. The maximum atomic E-state index is 13.4. The van der Waals surface area contributed by atoms with Gasteiger partial charge in [-0.1, -0.05) is 47.7 Å². The molecule has 0 spiro atoms. The highest BCUT2D eigenvalue weighted by Crippen LogP contribution is 2.33. The highest BCUT2D eigenvalue weighted by atomic mass is 32.2. The molecule has 0 atom stereocenters. The van der Waals surface area contributed by atoms with Gasteiger partial charge in [0.05, 0.1) is 11.1 Å². The van der Waals surface area contributed by atoms with Crippen LogP contribution < -0.4 is 10.9 Å². The lowest BCUT2D eigenvalue weighted by atomic mass is 10.2. The Kier molecular flexibility index (Phi) is 6.86. The number of thioether (sulfide) groups is 1. The zero-order chi connectivity index (χ0) is 25.2. The van der Waals surface area contributed by atoms with E-state index in [1.807, 2.05) is 55.6 Å². The predicted octanol–water partition coefficient (Wildman–Crippen LogP) is 5.77. The number of fused-ring (bicyclic) bond motifs is 1. The molecule has 4 heterocycles. The lowest BCUT2D eigenvalue weighted by Crippen LogP contribution is -2.23. The van der Waals surface area contributed by atoms with Crippen molar-refractivity contribution in [3.63, 3.8) is 0 Å². The number of benzene rings is 1. The first-order valence-electron chi connectivity index (χ1n) is 11.0. The number of nitrogens with one attached hydrogen (secondary N) is 1. The number of nitrogens with zero attached hydrogens (tertiary/aromatic N) is 4. The molecule has 0 aliphatic heterocycles. The normalized spacial score (nSPS) is 11.2. The molecule has 0 aliphatic rings. The van der Waals surface area contributed by atoms with Crippen LogP contribution in [0.15, 0.2) is 68.8 Å². The number of carbonyl (C=O) groups excluding carboxylic acids is 1. The van der Waals surface area contributed by atoms with E-state index in [9.17, 15) is 9.59 Å². The number of hydrogen-bond donors (Lipinski definition) is 1. The standard InChI is InChI=1S/C25H21N5O3S3/c1-4-11-30-23(32)20-17(18-10-7-15(3)33-18)12-34-22(20)28-25(30)35-13-19(31)26-24-27-21(36-29-24)16-8-5-14(2)6-9-16/h4-10,12H,1,11,13H2,2-3H3,(H,26,29,31). The van der Waals surface area contributed by atoms with Crippen LogP contribution in [-0.4, -0.2) is 30.6 Å². The summed E-state index contributed by atoms with van der Waals surface area (Å²) in [5, 5.41) is 6.27. The van der Waals surface area contributed by atoms with Gasteiger partial charge in [-0.3, -0.25) is 19.5 Å². The van der Waals surface area contributed by atoms with Gasteiger partial charge >= 0.3 is 0 Å². The maximum Gasteiger partial charge on any atom is 0.263 e. The molecule has 4 aromatic heterocycles. The van der Waals surface area contributed by atoms with Gasteiger partial charge in [0.15, 0.2) is 5.16 Å². The van der Waals surface area contributed by atoms with E-state index in [1.54, 1.807) is 6.08 Å². The van der Waals surface area contributed by atoms with Crippen LogP contribution in [0.1, 0.15) is 11.3 Å². The molecule has 36 heavy (non-hydrogen) atoms. The molecule has 0 fully saturated rings. The third-order valence-electron chi connectivity index (χ3n) is 5.28. The zero-order valence-electron chi connectivity index (χ0n) is 19.5. The molecular formula is C25H21N5O3S3. The Bertz CT molecular complexity index is 1630. The van der Waals surface area contributed by atoms with E-state index < -0.39 is 0 Å². The number of rotatable bonds is 8. The molecule has 8 nitrogen and oxygen atoms in total. The Balaban J connectivity index is 1.34. The summed E-state index contributed by atoms with van der Waals surface area (Å²) < 4.78 is 11.5. The smallest absolute Gasteiger partial charge is 0.263 e. The Labute approximate surface area is 218 Å². The third-order valence-corrected chi connectivity index (χ3v) is 7.90. The van der Waals surface area contributed by atoms with E-state index in [2.05, 4.69) is 26.2 Å². The van der Waals surface area contributed by atoms with Crippen molar-refractivity contribution in [3.8, 4) is 21.9 Å². The van der Waals surface area contributed by atoms with Gasteiger partial charge in [0, 0.05) is 23.1 Å². The predicted molar refractivity (Wildman–Crippen MR) is 146 cm³/mol. The molecule has 11 heteroatoms. The minimum absolute atomic E-state index is 0.0454.